The van der Waals surface area contributed by atoms with E-state index >= 15 is 0 Å². The molecule has 0 bridgehead atoms. The molecule has 0 unspecified atom stereocenters. The largest absolute Gasteiger partial charge is 0.390 e. The fraction of sp³-hybridized carbons (Fsp3) is 0.963. The summed E-state index contributed by atoms with van der Waals surface area (Å²) < 4.78 is 0. The molecule has 1 amide bonds. The van der Waals surface area contributed by atoms with E-state index in [-0.39, 0.29) is 17.4 Å². The zero-order chi connectivity index (χ0) is 22.6. The monoisotopic (exact) mass is 433 g/mol. The minimum absolute atomic E-state index is 0.00934. The molecule has 0 aromatic carbocycles. The second kappa shape index (κ2) is 8.63. The smallest absolute Gasteiger partial charge is 0.220 e. The zero-order valence-electron chi connectivity index (χ0n) is 20.6. The first kappa shape index (κ1) is 23.5. The molecule has 4 aliphatic rings. The molecule has 3 aliphatic carbocycles. The third-order valence-corrected chi connectivity index (χ3v) is 10.6. The van der Waals surface area contributed by atoms with E-state index in [0.717, 1.165) is 24.2 Å². The van der Waals surface area contributed by atoms with Crippen LogP contribution in [0.1, 0.15) is 98.8 Å². The van der Waals surface area contributed by atoms with Gasteiger partial charge in [0.05, 0.1) is 12.2 Å². The molecule has 1 aliphatic heterocycles. The first-order valence-corrected chi connectivity index (χ1v) is 13.2. The van der Waals surface area contributed by atoms with Crippen LogP contribution in [-0.4, -0.2) is 34.4 Å². The Labute approximate surface area is 190 Å². The van der Waals surface area contributed by atoms with Gasteiger partial charge >= 0.3 is 0 Å². The predicted octanol–water partition coefficient (Wildman–Crippen LogP) is 4.92. The van der Waals surface area contributed by atoms with Crippen LogP contribution in [0.5, 0.6) is 0 Å². The van der Waals surface area contributed by atoms with Gasteiger partial charge in [-0.2, -0.15) is 0 Å². The average Bonchev–Trinajstić information content (AvgIpc) is 2.98. The molecule has 0 spiro atoms. The molecular weight excluding hydrogens is 386 g/mol. The molecule has 4 fully saturated rings. The van der Waals surface area contributed by atoms with Gasteiger partial charge in [0.1, 0.15) is 0 Å². The number of aliphatic hydroxyl groups excluding tert-OH is 2. The Morgan fingerprint density at radius 2 is 1.71 bits per heavy atom. The van der Waals surface area contributed by atoms with Crippen LogP contribution >= 0.6 is 0 Å². The molecule has 178 valence electrons. The summed E-state index contributed by atoms with van der Waals surface area (Å²) in [6.07, 6.45) is 9.36. The van der Waals surface area contributed by atoms with Crippen LogP contribution in [0.4, 0.5) is 0 Å². The lowest BCUT2D eigenvalue weighted by atomic mass is 9.49. The summed E-state index contributed by atoms with van der Waals surface area (Å²) in [5.74, 6) is 4.01. The Bertz CT molecular complexity index is 665. The minimum atomic E-state index is -0.716. The Morgan fingerprint density at radius 3 is 2.42 bits per heavy atom. The van der Waals surface area contributed by atoms with Crippen molar-refractivity contribution in [1.82, 2.24) is 5.32 Å². The SMILES string of the molecule is CC(C)CCC[C@@H](C)[C@H]1CC[C@H]2[C@@H]3CC(=O)N[C@H]4C[C@@H](O)[C@@H](O)C[C@]4(C)[C@H]3CC[C@]12C. The summed E-state index contributed by atoms with van der Waals surface area (Å²) in [7, 11) is 0. The van der Waals surface area contributed by atoms with Gasteiger partial charge in [0.15, 0.2) is 0 Å². The standard InChI is InChI=1S/C27H47NO3/c1-16(2)7-6-8-17(3)19-9-10-20-18-13-25(31)28-24-14-22(29)23(30)15-27(24,5)21(18)11-12-26(19,20)4/h16-24,29-30H,6-15H2,1-5H3,(H,28,31)/t17-,18+,19-,20+,21+,22-,23+,24+,26-,27-/m1/s1. The van der Waals surface area contributed by atoms with E-state index in [0.29, 0.717) is 42.4 Å². The second-order valence-corrected chi connectivity index (χ2v) is 12.8. The average molecular weight is 434 g/mol. The molecule has 3 N–H and O–H groups in total. The fourth-order valence-electron chi connectivity index (χ4n) is 8.91. The van der Waals surface area contributed by atoms with Gasteiger partial charge in [-0.05, 0) is 84.9 Å². The number of aliphatic hydroxyl groups is 2. The highest BCUT2D eigenvalue weighted by Gasteiger charge is 2.61. The van der Waals surface area contributed by atoms with Crippen LogP contribution in [0, 0.1) is 46.3 Å². The number of hydrogen-bond donors (Lipinski definition) is 3. The lowest BCUT2D eigenvalue weighted by molar-refractivity contribution is -0.124. The molecule has 1 heterocycles. The predicted molar refractivity (Wildman–Crippen MR) is 124 cm³/mol. The maximum absolute atomic E-state index is 13.0. The van der Waals surface area contributed by atoms with Crippen LogP contribution in [0.15, 0.2) is 0 Å². The number of nitrogens with one attached hydrogen (secondary N) is 1. The quantitative estimate of drug-likeness (QED) is 0.576. The number of carbonyl (C=O) groups is 1. The molecule has 0 aromatic rings. The molecular formula is C27H47NO3. The number of fused-ring (bicyclic) bond motifs is 5. The first-order valence-electron chi connectivity index (χ1n) is 13.2. The van der Waals surface area contributed by atoms with Crippen LogP contribution in [0.25, 0.3) is 0 Å². The molecule has 0 aromatic heterocycles. The molecule has 1 saturated heterocycles. The Morgan fingerprint density at radius 1 is 1.00 bits per heavy atom. The Kier molecular flexibility index (Phi) is 6.55. The fourth-order valence-corrected chi connectivity index (χ4v) is 8.91. The van der Waals surface area contributed by atoms with Crippen molar-refractivity contribution in [2.45, 2.75) is 117 Å². The van der Waals surface area contributed by atoms with Crippen molar-refractivity contribution in [3.63, 3.8) is 0 Å². The third-order valence-electron chi connectivity index (χ3n) is 10.6. The van der Waals surface area contributed by atoms with Gasteiger partial charge in [-0.3, -0.25) is 4.79 Å². The topological polar surface area (TPSA) is 69.6 Å². The molecule has 3 saturated carbocycles. The van der Waals surface area contributed by atoms with Crippen molar-refractivity contribution in [2.75, 3.05) is 0 Å². The molecule has 4 heteroatoms. The second-order valence-electron chi connectivity index (χ2n) is 12.8. The Hall–Kier alpha value is -0.610. The summed E-state index contributed by atoms with van der Waals surface area (Å²) in [4.78, 5) is 13.0. The van der Waals surface area contributed by atoms with Gasteiger partial charge in [-0.25, -0.2) is 0 Å². The summed E-state index contributed by atoms with van der Waals surface area (Å²) in [5.41, 5.74) is 0.236. The van der Waals surface area contributed by atoms with E-state index < -0.39 is 12.2 Å². The highest BCUT2D eigenvalue weighted by Crippen LogP contribution is 2.65. The maximum Gasteiger partial charge on any atom is 0.220 e. The molecule has 0 radical (unpaired) electrons. The first-order chi connectivity index (χ1) is 14.6. The summed E-state index contributed by atoms with van der Waals surface area (Å²) in [5, 5.41) is 24.1. The number of carbonyl (C=O) groups excluding carboxylic acids is 1. The molecule has 31 heavy (non-hydrogen) atoms. The van der Waals surface area contributed by atoms with Crippen molar-refractivity contribution in [3.05, 3.63) is 0 Å². The van der Waals surface area contributed by atoms with Gasteiger partial charge in [0, 0.05) is 12.5 Å². The van der Waals surface area contributed by atoms with E-state index in [1.165, 1.54) is 38.5 Å². The summed E-state index contributed by atoms with van der Waals surface area (Å²) in [6.45, 7) is 12.0. The number of rotatable bonds is 5. The van der Waals surface area contributed by atoms with Crippen LogP contribution < -0.4 is 5.32 Å². The number of amides is 1. The normalized spacial score (nSPS) is 48.4. The van der Waals surface area contributed by atoms with E-state index in [9.17, 15) is 15.0 Å². The van der Waals surface area contributed by atoms with E-state index in [1.807, 2.05) is 0 Å². The summed E-state index contributed by atoms with van der Waals surface area (Å²) in [6, 6.07) is -0.00934. The third kappa shape index (κ3) is 4.09. The van der Waals surface area contributed by atoms with Gasteiger partial charge in [0.25, 0.3) is 0 Å². The zero-order valence-corrected chi connectivity index (χ0v) is 20.6. The van der Waals surface area contributed by atoms with Gasteiger partial charge in [-0.15, -0.1) is 0 Å². The van der Waals surface area contributed by atoms with Crippen molar-refractivity contribution in [3.8, 4) is 0 Å². The molecule has 10 atom stereocenters. The highest BCUT2D eigenvalue weighted by molar-refractivity contribution is 5.77. The van der Waals surface area contributed by atoms with Crippen molar-refractivity contribution < 1.29 is 15.0 Å². The summed E-state index contributed by atoms with van der Waals surface area (Å²) >= 11 is 0. The van der Waals surface area contributed by atoms with Crippen LogP contribution in [-0.2, 0) is 4.79 Å². The van der Waals surface area contributed by atoms with Crippen molar-refractivity contribution >= 4 is 5.91 Å². The maximum atomic E-state index is 13.0. The van der Waals surface area contributed by atoms with Crippen molar-refractivity contribution in [1.29, 1.82) is 0 Å². The van der Waals surface area contributed by atoms with E-state index in [4.69, 9.17) is 0 Å². The van der Waals surface area contributed by atoms with Crippen LogP contribution in [0.2, 0.25) is 0 Å². The van der Waals surface area contributed by atoms with E-state index in [1.54, 1.807) is 0 Å². The highest BCUT2D eigenvalue weighted by atomic mass is 16.3. The van der Waals surface area contributed by atoms with E-state index in [2.05, 4.69) is 39.9 Å². The minimum Gasteiger partial charge on any atom is -0.390 e. The van der Waals surface area contributed by atoms with Gasteiger partial charge < -0.3 is 15.5 Å². The number of hydrogen-bond acceptors (Lipinski definition) is 3. The Balaban J connectivity index is 1.55. The van der Waals surface area contributed by atoms with Gasteiger partial charge in [0.2, 0.25) is 5.91 Å². The lowest BCUT2D eigenvalue weighted by Gasteiger charge is -2.56. The molecule has 4 rings (SSSR count). The van der Waals surface area contributed by atoms with Crippen molar-refractivity contribution in [2.24, 2.45) is 46.3 Å². The van der Waals surface area contributed by atoms with Gasteiger partial charge in [-0.1, -0.05) is 53.9 Å². The van der Waals surface area contributed by atoms with Crippen LogP contribution in [0.3, 0.4) is 0 Å². The molecule has 4 nitrogen and oxygen atoms in total. The lowest BCUT2D eigenvalue weighted by Crippen LogP contribution is -2.58.